The lowest BCUT2D eigenvalue weighted by Crippen LogP contribution is -2.42. The van der Waals surface area contributed by atoms with Gasteiger partial charge in [-0.25, -0.2) is 14.5 Å². The molecule has 1 fully saturated rings. The maximum absolute atomic E-state index is 11.1. The number of hydrogen-bond acceptors (Lipinski definition) is 4. The highest BCUT2D eigenvalue weighted by atomic mass is 16.5. The van der Waals surface area contributed by atoms with E-state index in [0.717, 1.165) is 7.11 Å². The number of hydrogen-bond donors (Lipinski definition) is 1. The molecule has 13 heavy (non-hydrogen) atoms. The summed E-state index contributed by atoms with van der Waals surface area (Å²) in [5.74, 6) is -1.68. The van der Waals surface area contributed by atoms with Crippen LogP contribution in [0.4, 0.5) is 4.79 Å². The van der Waals surface area contributed by atoms with E-state index in [0.29, 0.717) is 4.90 Å². The van der Waals surface area contributed by atoms with Gasteiger partial charge in [0.25, 0.3) is 0 Å². The minimum absolute atomic E-state index is 0.0755. The fourth-order valence-electron chi connectivity index (χ4n) is 1.24. The molecular formula is C7H9NO5. The largest absolute Gasteiger partial charge is 0.480 e. The van der Waals surface area contributed by atoms with Gasteiger partial charge < -0.3 is 9.84 Å². The van der Waals surface area contributed by atoms with Crippen LogP contribution >= 0.6 is 0 Å². The molecule has 2 amide bonds. The molecule has 1 aliphatic heterocycles. The van der Waals surface area contributed by atoms with Gasteiger partial charge >= 0.3 is 12.1 Å². The number of likely N-dealkylation sites (tertiary alicyclic amines) is 1. The van der Waals surface area contributed by atoms with E-state index in [2.05, 4.69) is 4.74 Å². The standard InChI is InChI=1S/C7H9NO5/c1-13-7(12)8-4(6(10)11)2-3-5(8)9/h4H,2-3H2,1H3,(H,10,11)/t4-/m0/s1. The lowest BCUT2D eigenvalue weighted by Gasteiger charge is -2.17. The molecule has 0 radical (unpaired) electrons. The molecule has 0 bridgehead atoms. The third-order valence-electron chi connectivity index (χ3n) is 1.87. The van der Waals surface area contributed by atoms with Crippen molar-refractivity contribution in [3.8, 4) is 0 Å². The Kier molecular flexibility index (Phi) is 2.50. The van der Waals surface area contributed by atoms with Crippen LogP contribution in [0.1, 0.15) is 12.8 Å². The summed E-state index contributed by atoms with van der Waals surface area (Å²) in [5.41, 5.74) is 0. The molecule has 0 unspecified atom stereocenters. The Morgan fingerprint density at radius 3 is 2.69 bits per heavy atom. The summed E-state index contributed by atoms with van der Waals surface area (Å²) in [6, 6.07) is -1.07. The minimum Gasteiger partial charge on any atom is -0.480 e. The van der Waals surface area contributed by atoms with E-state index in [-0.39, 0.29) is 12.8 Å². The summed E-state index contributed by atoms with van der Waals surface area (Å²) >= 11 is 0. The van der Waals surface area contributed by atoms with Crippen molar-refractivity contribution < 1.29 is 24.2 Å². The lowest BCUT2D eigenvalue weighted by molar-refractivity contribution is -0.144. The highest BCUT2D eigenvalue weighted by Gasteiger charge is 2.40. The molecular weight excluding hydrogens is 178 g/mol. The maximum atomic E-state index is 11.1. The molecule has 0 aliphatic carbocycles. The zero-order chi connectivity index (χ0) is 10.0. The van der Waals surface area contributed by atoms with Crippen molar-refractivity contribution in [1.29, 1.82) is 0 Å². The zero-order valence-corrected chi connectivity index (χ0v) is 7.02. The first-order valence-electron chi connectivity index (χ1n) is 3.70. The van der Waals surface area contributed by atoms with Crippen molar-refractivity contribution in [3.63, 3.8) is 0 Å². The Morgan fingerprint density at radius 1 is 1.62 bits per heavy atom. The third-order valence-corrected chi connectivity index (χ3v) is 1.87. The summed E-state index contributed by atoms with van der Waals surface area (Å²) in [6.45, 7) is 0. The first-order chi connectivity index (χ1) is 6.07. The van der Waals surface area contributed by atoms with Crippen LogP contribution in [-0.2, 0) is 14.3 Å². The molecule has 1 saturated heterocycles. The average molecular weight is 187 g/mol. The van der Waals surface area contributed by atoms with Crippen molar-refractivity contribution in [2.24, 2.45) is 0 Å². The summed E-state index contributed by atoms with van der Waals surface area (Å²) in [7, 11) is 1.10. The van der Waals surface area contributed by atoms with E-state index in [4.69, 9.17) is 5.11 Å². The Bertz CT molecular complexity index is 262. The van der Waals surface area contributed by atoms with Gasteiger partial charge in [-0.1, -0.05) is 0 Å². The molecule has 0 aromatic rings. The topological polar surface area (TPSA) is 83.9 Å². The Balaban J connectivity index is 2.83. The SMILES string of the molecule is COC(=O)N1C(=O)CC[C@H]1C(=O)O. The van der Waals surface area contributed by atoms with Crippen LogP contribution in [-0.4, -0.2) is 41.1 Å². The number of carboxylic acids is 1. The van der Waals surface area contributed by atoms with E-state index < -0.39 is 24.0 Å². The molecule has 6 nitrogen and oxygen atoms in total. The molecule has 0 aromatic carbocycles. The first kappa shape index (κ1) is 9.50. The van der Waals surface area contributed by atoms with Crippen molar-refractivity contribution >= 4 is 18.0 Å². The Labute approximate surface area is 74.1 Å². The average Bonchev–Trinajstić information content (AvgIpc) is 2.46. The van der Waals surface area contributed by atoms with Crippen LogP contribution in [0, 0.1) is 0 Å². The number of ether oxygens (including phenoxy) is 1. The van der Waals surface area contributed by atoms with Gasteiger partial charge in [-0.3, -0.25) is 4.79 Å². The summed E-state index contributed by atoms with van der Waals surface area (Å²) in [6.07, 6.45) is -0.676. The second-order valence-corrected chi connectivity index (χ2v) is 2.63. The molecule has 1 heterocycles. The molecule has 0 spiro atoms. The predicted molar refractivity (Wildman–Crippen MR) is 39.9 cm³/mol. The molecule has 1 rings (SSSR count). The van der Waals surface area contributed by atoms with Gasteiger partial charge in [-0.05, 0) is 6.42 Å². The molecule has 1 atom stereocenters. The van der Waals surface area contributed by atoms with E-state index in [1.165, 1.54) is 0 Å². The monoisotopic (exact) mass is 187 g/mol. The zero-order valence-electron chi connectivity index (χ0n) is 7.02. The van der Waals surface area contributed by atoms with Crippen LogP contribution in [0.3, 0.4) is 0 Å². The van der Waals surface area contributed by atoms with Crippen LogP contribution in [0.5, 0.6) is 0 Å². The molecule has 1 N–H and O–H groups in total. The first-order valence-corrected chi connectivity index (χ1v) is 3.70. The summed E-state index contributed by atoms with van der Waals surface area (Å²) in [4.78, 5) is 33.2. The van der Waals surface area contributed by atoms with E-state index in [1.54, 1.807) is 0 Å². The Hall–Kier alpha value is -1.59. The van der Waals surface area contributed by atoms with Gasteiger partial charge in [0.1, 0.15) is 6.04 Å². The molecule has 72 valence electrons. The van der Waals surface area contributed by atoms with Crippen molar-refractivity contribution in [1.82, 2.24) is 4.90 Å². The number of methoxy groups -OCH3 is 1. The molecule has 0 aromatic heterocycles. The van der Waals surface area contributed by atoms with Gasteiger partial charge in [-0.2, -0.15) is 0 Å². The number of carbonyl (C=O) groups excluding carboxylic acids is 2. The number of rotatable bonds is 1. The smallest absolute Gasteiger partial charge is 0.417 e. The van der Waals surface area contributed by atoms with Crippen molar-refractivity contribution in [2.45, 2.75) is 18.9 Å². The van der Waals surface area contributed by atoms with Gasteiger partial charge in [0.15, 0.2) is 0 Å². The maximum Gasteiger partial charge on any atom is 0.417 e. The summed E-state index contributed by atoms with van der Waals surface area (Å²) in [5, 5.41) is 8.64. The second-order valence-electron chi connectivity index (χ2n) is 2.63. The van der Waals surface area contributed by atoms with Crippen LogP contribution in [0.25, 0.3) is 0 Å². The van der Waals surface area contributed by atoms with Crippen molar-refractivity contribution in [3.05, 3.63) is 0 Å². The highest BCUT2D eigenvalue weighted by molar-refractivity contribution is 5.98. The van der Waals surface area contributed by atoms with Gasteiger partial charge in [0.05, 0.1) is 7.11 Å². The van der Waals surface area contributed by atoms with E-state index in [1.807, 2.05) is 0 Å². The fourth-order valence-corrected chi connectivity index (χ4v) is 1.24. The molecule has 6 heteroatoms. The van der Waals surface area contributed by atoms with E-state index >= 15 is 0 Å². The van der Waals surface area contributed by atoms with Crippen LogP contribution < -0.4 is 0 Å². The second kappa shape index (κ2) is 3.42. The fraction of sp³-hybridized carbons (Fsp3) is 0.571. The third kappa shape index (κ3) is 1.61. The number of aliphatic carboxylic acids is 1. The van der Waals surface area contributed by atoms with Crippen molar-refractivity contribution in [2.75, 3.05) is 7.11 Å². The number of imide groups is 1. The number of amides is 2. The lowest BCUT2D eigenvalue weighted by atomic mass is 10.2. The number of nitrogens with zero attached hydrogens (tertiary/aromatic N) is 1. The quantitative estimate of drug-likeness (QED) is 0.616. The number of carbonyl (C=O) groups is 3. The molecule has 1 aliphatic rings. The number of carboxylic acid groups (broad SMARTS) is 1. The molecule has 0 saturated carbocycles. The van der Waals surface area contributed by atoms with E-state index in [9.17, 15) is 14.4 Å². The van der Waals surface area contributed by atoms with Gasteiger partial charge in [0, 0.05) is 6.42 Å². The van der Waals surface area contributed by atoms with Gasteiger partial charge in [0.2, 0.25) is 5.91 Å². The van der Waals surface area contributed by atoms with Crippen LogP contribution in [0.15, 0.2) is 0 Å². The normalized spacial score (nSPS) is 21.8. The summed E-state index contributed by atoms with van der Waals surface area (Å²) < 4.78 is 4.29. The predicted octanol–water partition coefficient (Wildman–Crippen LogP) is -0.172. The minimum atomic E-state index is -1.18. The Morgan fingerprint density at radius 2 is 2.23 bits per heavy atom. The van der Waals surface area contributed by atoms with Crippen LogP contribution in [0.2, 0.25) is 0 Å². The highest BCUT2D eigenvalue weighted by Crippen LogP contribution is 2.19. The van der Waals surface area contributed by atoms with Gasteiger partial charge in [-0.15, -0.1) is 0 Å².